The normalized spacial score (nSPS) is 10.5. The highest BCUT2D eigenvalue weighted by Crippen LogP contribution is 2.23. The minimum Gasteiger partial charge on any atom is -0.399 e. The molecule has 0 saturated carbocycles. The molecular weight excluding hydrogens is 296 g/mol. The molecule has 2 aromatic rings. The van der Waals surface area contributed by atoms with E-state index < -0.39 is 0 Å². The molecule has 0 aliphatic heterocycles. The zero-order chi connectivity index (χ0) is 12.3. The molecule has 0 amide bonds. The van der Waals surface area contributed by atoms with Gasteiger partial charge in [-0.25, -0.2) is 0 Å². The van der Waals surface area contributed by atoms with Crippen LogP contribution < -0.4 is 10.6 Å². The summed E-state index contributed by atoms with van der Waals surface area (Å²) >= 11 is 5.28. The fourth-order valence-corrected chi connectivity index (χ4v) is 3.09. The largest absolute Gasteiger partial charge is 0.399 e. The van der Waals surface area contributed by atoms with Gasteiger partial charge in [0.1, 0.15) is 0 Å². The van der Waals surface area contributed by atoms with Crippen LogP contribution in [0.1, 0.15) is 4.88 Å². The molecule has 0 spiro atoms. The number of thiophene rings is 1. The predicted molar refractivity (Wildman–Crippen MR) is 79.8 cm³/mol. The highest BCUT2D eigenvalue weighted by atomic mass is 79.9. The van der Waals surface area contributed by atoms with E-state index in [2.05, 4.69) is 52.1 Å². The topological polar surface area (TPSA) is 29.3 Å². The zero-order valence-electron chi connectivity index (χ0n) is 9.69. The smallest absolute Gasteiger partial charge is 0.0701 e. The third kappa shape index (κ3) is 3.48. The molecule has 1 aromatic heterocycles. The van der Waals surface area contributed by atoms with Crippen LogP contribution in [0.25, 0.3) is 0 Å². The summed E-state index contributed by atoms with van der Waals surface area (Å²) in [5.41, 5.74) is 7.69. The second-order valence-corrected chi connectivity index (χ2v) is 6.52. The van der Waals surface area contributed by atoms with Crippen LogP contribution in [-0.4, -0.2) is 13.6 Å². The molecule has 0 aliphatic rings. The number of benzene rings is 1. The monoisotopic (exact) mass is 310 g/mol. The van der Waals surface area contributed by atoms with Crippen LogP contribution >= 0.6 is 27.3 Å². The third-order valence-electron chi connectivity index (χ3n) is 2.66. The van der Waals surface area contributed by atoms with Crippen LogP contribution in [0, 0.1) is 0 Å². The summed E-state index contributed by atoms with van der Waals surface area (Å²) in [6.45, 7) is 1.01. The summed E-state index contributed by atoms with van der Waals surface area (Å²) in [7, 11) is 2.11. The lowest BCUT2D eigenvalue weighted by Crippen LogP contribution is -2.19. The van der Waals surface area contributed by atoms with Crippen molar-refractivity contribution >= 4 is 38.6 Å². The quantitative estimate of drug-likeness (QED) is 0.871. The Hall–Kier alpha value is -1.00. The summed E-state index contributed by atoms with van der Waals surface area (Å²) < 4.78 is 1.20. The second kappa shape index (κ2) is 5.56. The highest BCUT2D eigenvalue weighted by Gasteiger charge is 2.02. The van der Waals surface area contributed by atoms with Crippen molar-refractivity contribution in [2.75, 3.05) is 24.2 Å². The molecule has 17 heavy (non-hydrogen) atoms. The van der Waals surface area contributed by atoms with E-state index in [1.165, 1.54) is 14.4 Å². The van der Waals surface area contributed by atoms with Crippen LogP contribution in [0.15, 0.2) is 40.2 Å². The van der Waals surface area contributed by atoms with Crippen molar-refractivity contribution in [1.82, 2.24) is 0 Å². The number of nitrogens with two attached hydrogens (primary N) is 1. The van der Waals surface area contributed by atoms with Gasteiger partial charge in [-0.3, -0.25) is 0 Å². The molecule has 0 unspecified atom stereocenters. The molecule has 0 bridgehead atoms. The maximum absolute atomic E-state index is 5.67. The minimum atomic E-state index is 0.810. The molecule has 0 atom stereocenters. The molecule has 2 N–H and O–H groups in total. The average molecular weight is 311 g/mol. The Bertz CT molecular complexity index is 478. The van der Waals surface area contributed by atoms with Gasteiger partial charge in [0, 0.05) is 29.8 Å². The van der Waals surface area contributed by atoms with Crippen LogP contribution in [-0.2, 0) is 6.42 Å². The van der Waals surface area contributed by atoms with Crippen LogP contribution in [0.2, 0.25) is 0 Å². The van der Waals surface area contributed by atoms with Crippen LogP contribution in [0.4, 0.5) is 11.4 Å². The summed E-state index contributed by atoms with van der Waals surface area (Å²) in [6, 6.07) is 12.3. The van der Waals surface area contributed by atoms with Gasteiger partial charge in [0.25, 0.3) is 0 Å². The Balaban J connectivity index is 1.93. The first-order valence-corrected chi connectivity index (χ1v) is 7.07. The van der Waals surface area contributed by atoms with E-state index in [4.69, 9.17) is 5.73 Å². The minimum absolute atomic E-state index is 0.810. The fourth-order valence-electron chi connectivity index (χ4n) is 1.62. The van der Waals surface area contributed by atoms with Gasteiger partial charge in [-0.05, 0) is 58.7 Å². The van der Waals surface area contributed by atoms with Crippen molar-refractivity contribution in [3.8, 4) is 0 Å². The second-order valence-electron chi connectivity index (χ2n) is 3.97. The summed E-state index contributed by atoms with van der Waals surface area (Å²) in [5, 5.41) is 0. The van der Waals surface area contributed by atoms with E-state index in [0.29, 0.717) is 0 Å². The molecule has 0 saturated heterocycles. The van der Waals surface area contributed by atoms with Gasteiger partial charge in [0.2, 0.25) is 0 Å². The van der Waals surface area contributed by atoms with Gasteiger partial charge in [0.15, 0.2) is 0 Å². The van der Waals surface area contributed by atoms with Gasteiger partial charge in [-0.1, -0.05) is 0 Å². The predicted octanol–water partition coefficient (Wildman–Crippen LogP) is 3.77. The maximum atomic E-state index is 5.67. The fraction of sp³-hybridized carbons (Fsp3) is 0.231. The van der Waals surface area contributed by atoms with E-state index in [0.717, 1.165) is 18.7 Å². The van der Waals surface area contributed by atoms with Gasteiger partial charge in [-0.2, -0.15) is 0 Å². The van der Waals surface area contributed by atoms with Crippen molar-refractivity contribution in [3.05, 3.63) is 45.1 Å². The molecule has 1 heterocycles. The number of nitrogen functional groups attached to an aromatic ring is 1. The van der Waals surface area contributed by atoms with Gasteiger partial charge < -0.3 is 10.6 Å². The highest BCUT2D eigenvalue weighted by molar-refractivity contribution is 9.11. The summed E-state index contributed by atoms with van der Waals surface area (Å²) in [4.78, 5) is 3.65. The number of nitrogens with zero attached hydrogens (tertiary/aromatic N) is 1. The maximum Gasteiger partial charge on any atom is 0.0701 e. The van der Waals surface area contributed by atoms with E-state index in [-0.39, 0.29) is 0 Å². The zero-order valence-corrected chi connectivity index (χ0v) is 12.1. The number of halogens is 1. The molecule has 2 rings (SSSR count). The number of likely N-dealkylation sites (N-methyl/N-ethyl adjacent to an activating group) is 1. The van der Waals surface area contributed by atoms with Crippen molar-refractivity contribution in [2.45, 2.75) is 6.42 Å². The Morgan fingerprint density at radius 2 is 1.88 bits per heavy atom. The molecule has 90 valence electrons. The first kappa shape index (κ1) is 12.5. The SMILES string of the molecule is CN(CCc1ccc(Br)s1)c1ccc(N)cc1. The molecule has 0 fully saturated rings. The lowest BCUT2D eigenvalue weighted by Gasteiger charge is -2.18. The first-order valence-electron chi connectivity index (χ1n) is 5.46. The number of hydrogen-bond donors (Lipinski definition) is 1. The van der Waals surface area contributed by atoms with Crippen molar-refractivity contribution in [2.24, 2.45) is 0 Å². The van der Waals surface area contributed by atoms with E-state index in [1.807, 2.05) is 12.1 Å². The Kier molecular flexibility index (Phi) is 4.07. The first-order chi connectivity index (χ1) is 8.15. The molecule has 0 radical (unpaired) electrons. The number of anilines is 2. The Labute approximate surface area is 114 Å². The van der Waals surface area contributed by atoms with E-state index in [1.54, 1.807) is 11.3 Å². The van der Waals surface area contributed by atoms with E-state index in [9.17, 15) is 0 Å². The van der Waals surface area contributed by atoms with Crippen molar-refractivity contribution in [1.29, 1.82) is 0 Å². The molecule has 0 aliphatic carbocycles. The van der Waals surface area contributed by atoms with Gasteiger partial charge in [0.05, 0.1) is 3.79 Å². The summed E-state index contributed by atoms with van der Waals surface area (Å²) in [6.07, 6.45) is 1.07. The van der Waals surface area contributed by atoms with Crippen LogP contribution in [0.3, 0.4) is 0 Å². The third-order valence-corrected chi connectivity index (χ3v) is 4.34. The lowest BCUT2D eigenvalue weighted by atomic mass is 10.2. The van der Waals surface area contributed by atoms with Gasteiger partial charge >= 0.3 is 0 Å². The standard InChI is InChI=1S/C13H15BrN2S/c1-16(11-4-2-10(15)3-5-11)9-8-12-6-7-13(14)17-12/h2-7H,8-9,15H2,1H3. The number of rotatable bonds is 4. The van der Waals surface area contributed by atoms with Crippen molar-refractivity contribution in [3.63, 3.8) is 0 Å². The number of hydrogen-bond acceptors (Lipinski definition) is 3. The molecule has 1 aromatic carbocycles. The Morgan fingerprint density at radius 1 is 1.18 bits per heavy atom. The molecule has 2 nitrogen and oxygen atoms in total. The van der Waals surface area contributed by atoms with E-state index >= 15 is 0 Å². The van der Waals surface area contributed by atoms with Crippen LogP contribution in [0.5, 0.6) is 0 Å². The average Bonchev–Trinajstić information content (AvgIpc) is 2.73. The summed E-state index contributed by atoms with van der Waals surface area (Å²) in [5.74, 6) is 0. The van der Waals surface area contributed by atoms with Gasteiger partial charge in [-0.15, -0.1) is 11.3 Å². The molecule has 4 heteroatoms. The Morgan fingerprint density at radius 3 is 2.47 bits per heavy atom. The van der Waals surface area contributed by atoms with Crippen molar-refractivity contribution < 1.29 is 0 Å². The molecular formula is C13H15BrN2S. The lowest BCUT2D eigenvalue weighted by molar-refractivity contribution is 0.888.